The topological polar surface area (TPSA) is 35.2 Å². The highest BCUT2D eigenvalue weighted by molar-refractivity contribution is 8.00. The monoisotopic (exact) mass is 251 g/mol. The van der Waals surface area contributed by atoms with E-state index in [1.54, 1.807) is 7.11 Å². The van der Waals surface area contributed by atoms with E-state index in [1.165, 1.54) is 30.6 Å². The van der Waals surface area contributed by atoms with Gasteiger partial charge in [-0.15, -0.1) is 11.8 Å². The summed E-state index contributed by atoms with van der Waals surface area (Å²) in [6.45, 7) is 2.35. The van der Waals surface area contributed by atoms with Gasteiger partial charge in [0, 0.05) is 21.9 Å². The highest BCUT2D eigenvalue weighted by Gasteiger charge is 2.19. The number of rotatable bonds is 3. The molecule has 1 aromatic carbocycles. The van der Waals surface area contributed by atoms with Crippen molar-refractivity contribution in [1.29, 1.82) is 0 Å². The Bertz CT molecular complexity index is 380. The van der Waals surface area contributed by atoms with Crippen LogP contribution in [0.4, 0.5) is 5.69 Å². The summed E-state index contributed by atoms with van der Waals surface area (Å²) >= 11 is 1.95. The maximum Gasteiger partial charge on any atom is 0.122 e. The summed E-state index contributed by atoms with van der Waals surface area (Å²) < 4.78 is 5.25. The lowest BCUT2D eigenvalue weighted by atomic mass is 9.91. The van der Waals surface area contributed by atoms with Crippen LogP contribution in [-0.4, -0.2) is 12.4 Å². The maximum atomic E-state index is 5.87. The normalized spacial score (nSPS) is 24.6. The predicted molar refractivity (Wildman–Crippen MR) is 74.7 cm³/mol. The van der Waals surface area contributed by atoms with Crippen molar-refractivity contribution in [2.75, 3.05) is 12.8 Å². The van der Waals surface area contributed by atoms with Crippen LogP contribution < -0.4 is 10.5 Å². The number of ether oxygens (including phenoxy) is 1. The lowest BCUT2D eigenvalue weighted by molar-refractivity contribution is 0.394. The van der Waals surface area contributed by atoms with Crippen molar-refractivity contribution >= 4 is 17.4 Å². The highest BCUT2D eigenvalue weighted by atomic mass is 32.2. The van der Waals surface area contributed by atoms with Gasteiger partial charge in [0.15, 0.2) is 0 Å². The highest BCUT2D eigenvalue weighted by Crippen LogP contribution is 2.37. The molecule has 0 aliphatic heterocycles. The Morgan fingerprint density at radius 1 is 1.29 bits per heavy atom. The molecule has 2 rings (SSSR count). The minimum atomic E-state index is 0.741. The second kappa shape index (κ2) is 5.67. The quantitative estimate of drug-likeness (QED) is 0.826. The summed E-state index contributed by atoms with van der Waals surface area (Å²) in [4.78, 5) is 1.24. The van der Waals surface area contributed by atoms with Crippen molar-refractivity contribution in [3.8, 4) is 5.75 Å². The Balaban J connectivity index is 2.04. The fourth-order valence-corrected chi connectivity index (χ4v) is 3.94. The zero-order valence-electron chi connectivity index (χ0n) is 10.6. The van der Waals surface area contributed by atoms with Crippen LogP contribution in [0.15, 0.2) is 23.1 Å². The Hall–Kier alpha value is -0.830. The summed E-state index contributed by atoms with van der Waals surface area (Å²) in [6, 6.07) is 6.00. The molecule has 2 N–H and O–H groups in total. The number of nitrogens with two attached hydrogens (primary N) is 1. The molecule has 1 saturated carbocycles. The second-order valence-electron chi connectivity index (χ2n) is 4.95. The molecule has 0 heterocycles. The van der Waals surface area contributed by atoms with E-state index in [0.29, 0.717) is 0 Å². The number of benzene rings is 1. The van der Waals surface area contributed by atoms with Gasteiger partial charge in [0.2, 0.25) is 0 Å². The van der Waals surface area contributed by atoms with Crippen LogP contribution in [0, 0.1) is 5.92 Å². The average molecular weight is 251 g/mol. The molecule has 1 fully saturated rings. The van der Waals surface area contributed by atoms with Gasteiger partial charge >= 0.3 is 0 Å². The van der Waals surface area contributed by atoms with E-state index in [9.17, 15) is 0 Å². The minimum Gasteiger partial charge on any atom is -0.497 e. The molecule has 94 valence electrons. The molecule has 2 nitrogen and oxygen atoms in total. The van der Waals surface area contributed by atoms with Gasteiger partial charge in [-0.3, -0.25) is 0 Å². The van der Waals surface area contributed by atoms with Crippen molar-refractivity contribution in [3.05, 3.63) is 18.2 Å². The first kappa shape index (κ1) is 12.6. The van der Waals surface area contributed by atoms with Gasteiger partial charge in [-0.25, -0.2) is 0 Å². The molecule has 0 radical (unpaired) electrons. The molecule has 3 heteroatoms. The number of anilines is 1. The van der Waals surface area contributed by atoms with Gasteiger partial charge < -0.3 is 10.5 Å². The fourth-order valence-electron chi connectivity index (χ4n) is 2.46. The SMILES string of the molecule is COc1cc(N)cc(SC2CCCC(C)C2)c1. The zero-order valence-corrected chi connectivity index (χ0v) is 11.4. The van der Waals surface area contributed by atoms with E-state index in [-0.39, 0.29) is 0 Å². The molecule has 2 atom stereocenters. The van der Waals surface area contributed by atoms with Gasteiger partial charge in [-0.1, -0.05) is 19.8 Å². The zero-order chi connectivity index (χ0) is 12.3. The molecule has 0 aromatic heterocycles. The summed E-state index contributed by atoms with van der Waals surface area (Å²) in [5.74, 6) is 1.72. The number of nitrogen functional groups attached to an aromatic ring is 1. The first-order valence-electron chi connectivity index (χ1n) is 6.28. The third kappa shape index (κ3) is 3.56. The van der Waals surface area contributed by atoms with Crippen LogP contribution in [0.2, 0.25) is 0 Å². The molecular formula is C14H21NOS. The summed E-state index contributed by atoms with van der Waals surface area (Å²) in [7, 11) is 1.69. The van der Waals surface area contributed by atoms with Crippen LogP contribution in [0.25, 0.3) is 0 Å². The van der Waals surface area contributed by atoms with Crippen molar-refractivity contribution in [3.63, 3.8) is 0 Å². The maximum absolute atomic E-state index is 5.87. The van der Waals surface area contributed by atoms with Crippen molar-refractivity contribution in [1.82, 2.24) is 0 Å². The van der Waals surface area contributed by atoms with E-state index in [1.807, 2.05) is 23.9 Å². The Morgan fingerprint density at radius 2 is 2.12 bits per heavy atom. The van der Waals surface area contributed by atoms with Crippen LogP contribution in [-0.2, 0) is 0 Å². The van der Waals surface area contributed by atoms with Gasteiger partial charge in [0.25, 0.3) is 0 Å². The largest absolute Gasteiger partial charge is 0.497 e. The summed E-state index contributed by atoms with van der Waals surface area (Å²) in [6.07, 6.45) is 5.39. The van der Waals surface area contributed by atoms with Crippen molar-refractivity contribution in [2.24, 2.45) is 5.92 Å². The minimum absolute atomic E-state index is 0.741. The standard InChI is InChI=1S/C14H21NOS/c1-10-4-3-5-13(6-10)17-14-8-11(15)7-12(9-14)16-2/h7-10,13H,3-6,15H2,1-2H3. The lowest BCUT2D eigenvalue weighted by Gasteiger charge is -2.26. The molecule has 0 spiro atoms. The Labute approximate surface area is 108 Å². The molecule has 1 aliphatic carbocycles. The fraction of sp³-hybridized carbons (Fsp3) is 0.571. The van der Waals surface area contributed by atoms with Crippen LogP contribution in [0.3, 0.4) is 0 Å². The molecule has 0 amide bonds. The first-order valence-corrected chi connectivity index (χ1v) is 7.16. The Kier molecular flexibility index (Phi) is 4.21. The van der Waals surface area contributed by atoms with E-state index < -0.39 is 0 Å². The molecular weight excluding hydrogens is 230 g/mol. The smallest absolute Gasteiger partial charge is 0.122 e. The molecule has 0 bridgehead atoms. The van der Waals surface area contributed by atoms with Crippen LogP contribution in [0.1, 0.15) is 32.6 Å². The van der Waals surface area contributed by atoms with Crippen LogP contribution in [0.5, 0.6) is 5.75 Å². The molecule has 1 aliphatic rings. The number of methoxy groups -OCH3 is 1. The van der Waals surface area contributed by atoms with Gasteiger partial charge in [0.1, 0.15) is 5.75 Å². The molecule has 2 unspecified atom stereocenters. The lowest BCUT2D eigenvalue weighted by Crippen LogP contribution is -2.14. The van der Waals surface area contributed by atoms with E-state index in [4.69, 9.17) is 10.5 Å². The number of hydrogen-bond acceptors (Lipinski definition) is 3. The third-order valence-corrected chi connectivity index (χ3v) is 4.60. The van der Waals surface area contributed by atoms with Crippen molar-refractivity contribution in [2.45, 2.75) is 42.8 Å². The van der Waals surface area contributed by atoms with E-state index >= 15 is 0 Å². The molecule has 1 aromatic rings. The predicted octanol–water partition coefficient (Wildman–Crippen LogP) is 3.95. The average Bonchev–Trinajstić information content (AvgIpc) is 2.28. The number of thioether (sulfide) groups is 1. The first-order chi connectivity index (χ1) is 8.17. The van der Waals surface area contributed by atoms with Crippen molar-refractivity contribution < 1.29 is 4.74 Å². The van der Waals surface area contributed by atoms with Crippen LogP contribution >= 0.6 is 11.8 Å². The summed E-state index contributed by atoms with van der Waals surface area (Å²) in [5, 5.41) is 0.741. The van der Waals surface area contributed by atoms with Gasteiger partial charge in [0.05, 0.1) is 7.11 Å². The Morgan fingerprint density at radius 3 is 2.82 bits per heavy atom. The van der Waals surface area contributed by atoms with Gasteiger partial charge in [-0.2, -0.15) is 0 Å². The number of hydrogen-bond donors (Lipinski definition) is 1. The summed E-state index contributed by atoms with van der Waals surface area (Å²) in [5.41, 5.74) is 6.66. The second-order valence-corrected chi connectivity index (χ2v) is 6.33. The molecule has 17 heavy (non-hydrogen) atoms. The van der Waals surface area contributed by atoms with E-state index in [0.717, 1.165) is 22.6 Å². The van der Waals surface area contributed by atoms with Gasteiger partial charge in [-0.05, 0) is 30.9 Å². The third-order valence-electron chi connectivity index (χ3n) is 3.33. The molecule has 0 saturated heterocycles. The van der Waals surface area contributed by atoms with E-state index in [2.05, 4.69) is 13.0 Å².